The lowest BCUT2D eigenvalue weighted by Gasteiger charge is -2.07. The summed E-state index contributed by atoms with van der Waals surface area (Å²) >= 11 is -4.60. The zero-order valence-corrected chi connectivity index (χ0v) is 16.4. The third-order valence-electron chi connectivity index (χ3n) is 3.66. The predicted octanol–water partition coefficient (Wildman–Crippen LogP) is 3.72. The molecule has 10 heteroatoms. The number of anilines is 1. The van der Waals surface area contributed by atoms with Crippen LogP contribution in [-0.4, -0.2) is 23.4 Å². The van der Waals surface area contributed by atoms with Crippen LogP contribution in [0.1, 0.15) is 5.56 Å². The lowest BCUT2D eigenvalue weighted by molar-refractivity contribution is 0.535. The molecule has 0 heterocycles. The van der Waals surface area contributed by atoms with Crippen molar-refractivity contribution in [1.82, 2.24) is 0 Å². The van der Waals surface area contributed by atoms with E-state index in [4.69, 9.17) is 0 Å². The molecule has 0 saturated heterocycles. The molecule has 0 saturated carbocycles. The highest BCUT2D eigenvalue weighted by molar-refractivity contribution is 7.79. The lowest BCUT2D eigenvalue weighted by atomic mass is 10.2. The summed E-state index contributed by atoms with van der Waals surface area (Å²) in [6.07, 6.45) is 0. The minimum absolute atomic E-state index is 0.157. The van der Waals surface area contributed by atoms with Gasteiger partial charge in [0.15, 0.2) is 0 Å². The summed E-state index contributed by atoms with van der Waals surface area (Å²) in [6, 6.07) is 21.1. The van der Waals surface area contributed by atoms with Gasteiger partial charge in [-0.3, -0.25) is 13.8 Å². The third kappa shape index (κ3) is 5.96. The van der Waals surface area contributed by atoms with Gasteiger partial charge in [0.2, 0.25) is 5.84 Å². The van der Waals surface area contributed by atoms with Crippen molar-refractivity contribution < 1.29 is 17.5 Å². The molecule has 148 valence electrons. The minimum atomic E-state index is -2.30. The van der Waals surface area contributed by atoms with E-state index in [0.29, 0.717) is 22.8 Å². The van der Waals surface area contributed by atoms with E-state index in [1.54, 1.807) is 12.1 Å². The topological polar surface area (TPSA) is 129 Å². The Morgan fingerprint density at radius 3 is 1.86 bits per heavy atom. The summed E-state index contributed by atoms with van der Waals surface area (Å²) < 4.78 is 43.7. The van der Waals surface area contributed by atoms with Crippen molar-refractivity contribution in [2.45, 2.75) is 9.79 Å². The van der Waals surface area contributed by atoms with Crippen molar-refractivity contribution in [1.29, 1.82) is 0 Å². The van der Waals surface area contributed by atoms with E-state index in [2.05, 4.69) is 20.8 Å². The van der Waals surface area contributed by atoms with Crippen LogP contribution in [-0.2, 0) is 22.2 Å². The summed E-state index contributed by atoms with van der Waals surface area (Å²) in [5, 5.41) is 12.5. The van der Waals surface area contributed by atoms with Gasteiger partial charge in [0, 0.05) is 15.4 Å². The average molecular weight is 426 g/mol. The largest absolute Gasteiger partial charge is 0.768 e. The Morgan fingerprint density at radius 1 is 0.759 bits per heavy atom. The first-order valence-corrected chi connectivity index (χ1v) is 10.4. The van der Waals surface area contributed by atoms with E-state index in [-0.39, 0.29) is 9.79 Å². The molecule has 0 aromatic heterocycles. The monoisotopic (exact) mass is 426 g/mol. The van der Waals surface area contributed by atoms with Gasteiger partial charge in [-0.25, -0.2) is 0 Å². The molecule has 0 radical (unpaired) electrons. The van der Waals surface area contributed by atoms with Crippen LogP contribution in [0.25, 0.3) is 0 Å². The number of hydrogen-bond acceptors (Lipinski definition) is 7. The Kier molecular flexibility index (Phi) is 7.09. The smallest absolute Gasteiger partial charge is 0.201 e. The maximum absolute atomic E-state index is 10.9. The average Bonchev–Trinajstić information content (AvgIpc) is 2.75. The zero-order chi connectivity index (χ0) is 20.6. The molecular formula is C19H14N4O4S2-2. The van der Waals surface area contributed by atoms with Crippen LogP contribution in [0, 0.1) is 0 Å². The van der Waals surface area contributed by atoms with E-state index < -0.39 is 22.2 Å². The number of nitrogens with one attached hydrogen (secondary N) is 1. The SMILES string of the molecule is O=S([O-])c1ccc(N=N/C(=N/Nc2ccc(S(=O)[O-])cc2)c2ccccc2)cc1. The highest BCUT2D eigenvalue weighted by Crippen LogP contribution is 2.17. The van der Waals surface area contributed by atoms with E-state index >= 15 is 0 Å². The van der Waals surface area contributed by atoms with Crippen molar-refractivity contribution in [3.05, 3.63) is 84.4 Å². The predicted molar refractivity (Wildman–Crippen MR) is 108 cm³/mol. The number of hydrogen-bond donors (Lipinski definition) is 1. The van der Waals surface area contributed by atoms with Crippen molar-refractivity contribution >= 4 is 39.4 Å². The second kappa shape index (κ2) is 9.94. The van der Waals surface area contributed by atoms with Gasteiger partial charge >= 0.3 is 0 Å². The molecule has 0 aliphatic carbocycles. The van der Waals surface area contributed by atoms with Crippen LogP contribution in [0.4, 0.5) is 11.4 Å². The van der Waals surface area contributed by atoms with Gasteiger partial charge in [0.25, 0.3) is 0 Å². The first kappa shape index (κ1) is 20.7. The molecule has 0 aliphatic rings. The summed E-state index contributed by atoms with van der Waals surface area (Å²) in [4.78, 5) is 0.329. The minimum Gasteiger partial charge on any atom is -0.768 e. The number of hydrazone groups is 1. The Labute approximate surface area is 172 Å². The fraction of sp³-hybridized carbons (Fsp3) is 0. The molecule has 2 unspecified atom stereocenters. The quantitative estimate of drug-likeness (QED) is 0.211. The fourth-order valence-electron chi connectivity index (χ4n) is 2.22. The number of amidine groups is 1. The second-order valence-corrected chi connectivity index (χ2v) is 7.48. The van der Waals surface area contributed by atoms with Gasteiger partial charge in [0.05, 0.1) is 11.4 Å². The molecule has 0 bridgehead atoms. The number of nitrogens with zero attached hydrogens (tertiary/aromatic N) is 3. The first-order valence-electron chi connectivity index (χ1n) is 8.22. The van der Waals surface area contributed by atoms with E-state index in [9.17, 15) is 17.5 Å². The van der Waals surface area contributed by atoms with Crippen molar-refractivity contribution in [3.63, 3.8) is 0 Å². The van der Waals surface area contributed by atoms with E-state index in [0.717, 1.165) is 0 Å². The number of benzene rings is 3. The van der Waals surface area contributed by atoms with Crippen LogP contribution < -0.4 is 5.43 Å². The van der Waals surface area contributed by atoms with Crippen molar-refractivity contribution in [2.24, 2.45) is 15.3 Å². The molecule has 0 spiro atoms. The first-order chi connectivity index (χ1) is 14.0. The number of rotatable bonds is 6. The molecule has 8 nitrogen and oxygen atoms in total. The van der Waals surface area contributed by atoms with Gasteiger partial charge in [-0.2, -0.15) is 5.10 Å². The maximum atomic E-state index is 10.9. The maximum Gasteiger partial charge on any atom is 0.201 e. The molecule has 2 atom stereocenters. The van der Waals surface area contributed by atoms with Gasteiger partial charge in [-0.1, -0.05) is 30.3 Å². The summed E-state index contributed by atoms with van der Waals surface area (Å²) in [5.41, 5.74) is 4.57. The Morgan fingerprint density at radius 2 is 1.31 bits per heavy atom. The molecule has 3 aromatic rings. The third-order valence-corrected chi connectivity index (χ3v) is 4.97. The Hall–Kier alpha value is -3.05. The van der Waals surface area contributed by atoms with Crippen LogP contribution in [0.5, 0.6) is 0 Å². The standard InChI is InChI=1S/C19H16N4O4S2/c24-28(25)17-10-6-15(7-11-17)20-22-19(14-4-2-1-3-5-14)23-21-16-8-12-18(13-9-16)29(26)27/h1-13,20H,(H,24,25)(H,26,27)/p-2/b22-19+,23-21?. The summed E-state index contributed by atoms with van der Waals surface area (Å²) in [5.74, 6) is 0.290. The molecule has 0 aliphatic heterocycles. The van der Waals surface area contributed by atoms with E-state index in [1.807, 2.05) is 30.3 Å². The second-order valence-electron chi connectivity index (χ2n) is 5.60. The van der Waals surface area contributed by atoms with Gasteiger partial charge < -0.3 is 9.11 Å². The lowest BCUT2D eigenvalue weighted by Crippen LogP contribution is -2.01. The van der Waals surface area contributed by atoms with Gasteiger partial charge in [-0.15, -0.1) is 10.2 Å². The molecule has 29 heavy (non-hydrogen) atoms. The normalized spacial score (nSPS) is 13.9. The molecule has 3 rings (SSSR count). The van der Waals surface area contributed by atoms with Crippen LogP contribution >= 0.6 is 0 Å². The van der Waals surface area contributed by atoms with Crippen LogP contribution in [0.15, 0.2) is 104 Å². The Balaban J connectivity index is 1.83. The highest BCUT2D eigenvalue weighted by Gasteiger charge is 2.03. The molecule has 0 amide bonds. The molecule has 1 N–H and O–H groups in total. The van der Waals surface area contributed by atoms with Crippen LogP contribution in [0.2, 0.25) is 0 Å². The summed E-state index contributed by atoms with van der Waals surface area (Å²) in [6.45, 7) is 0. The fourth-order valence-corrected chi connectivity index (χ4v) is 2.94. The zero-order valence-electron chi connectivity index (χ0n) is 14.8. The summed E-state index contributed by atoms with van der Waals surface area (Å²) in [7, 11) is 0. The molecular weight excluding hydrogens is 412 g/mol. The van der Waals surface area contributed by atoms with Crippen molar-refractivity contribution in [2.75, 3.05) is 5.43 Å². The van der Waals surface area contributed by atoms with Gasteiger partial charge in [-0.05, 0) is 70.7 Å². The molecule has 3 aromatic carbocycles. The number of azo groups is 1. The van der Waals surface area contributed by atoms with Gasteiger partial charge in [0.1, 0.15) is 0 Å². The van der Waals surface area contributed by atoms with E-state index in [1.165, 1.54) is 36.4 Å². The highest BCUT2D eigenvalue weighted by atomic mass is 32.2. The Bertz CT molecular complexity index is 1070. The van der Waals surface area contributed by atoms with Crippen LogP contribution in [0.3, 0.4) is 0 Å². The van der Waals surface area contributed by atoms with Crippen molar-refractivity contribution in [3.8, 4) is 0 Å². The molecule has 0 fully saturated rings.